The molecule has 0 amide bonds. The maximum absolute atomic E-state index is 6.41. The van der Waals surface area contributed by atoms with Crippen LogP contribution in [0.3, 0.4) is 0 Å². The van der Waals surface area contributed by atoms with E-state index in [2.05, 4.69) is 62.0 Å². The van der Waals surface area contributed by atoms with Crippen LogP contribution in [0.25, 0.3) is 0 Å². The summed E-state index contributed by atoms with van der Waals surface area (Å²) in [5, 5.41) is 1.91. The third-order valence-corrected chi connectivity index (χ3v) is 4.61. The van der Waals surface area contributed by atoms with Gasteiger partial charge in [0.15, 0.2) is 0 Å². The van der Waals surface area contributed by atoms with Crippen molar-refractivity contribution < 1.29 is 4.74 Å². The molecule has 0 saturated carbocycles. The maximum atomic E-state index is 6.41. The second kappa shape index (κ2) is 7.17. The number of hydrogen-bond donors (Lipinski definition) is 0. The summed E-state index contributed by atoms with van der Waals surface area (Å²) >= 11 is 1.76. The Balaban J connectivity index is 4.53. The van der Waals surface area contributed by atoms with Crippen LogP contribution in [0.5, 0.6) is 0 Å². The van der Waals surface area contributed by atoms with Crippen LogP contribution in [-0.2, 0) is 4.74 Å². The first-order chi connectivity index (χ1) is 8.42. The van der Waals surface area contributed by atoms with Crippen molar-refractivity contribution in [1.82, 2.24) is 0 Å². The highest BCUT2D eigenvalue weighted by molar-refractivity contribution is 8.02. The summed E-state index contributed by atoms with van der Waals surface area (Å²) in [5.41, 5.74) is 0.137. The van der Waals surface area contributed by atoms with E-state index in [4.69, 9.17) is 4.74 Å². The molecule has 0 N–H and O–H groups in total. The van der Waals surface area contributed by atoms with E-state index in [0.29, 0.717) is 11.3 Å². The summed E-state index contributed by atoms with van der Waals surface area (Å²) in [5.74, 6) is 1.73. The van der Waals surface area contributed by atoms with Gasteiger partial charge in [0.05, 0.1) is 11.2 Å². The highest BCUT2D eigenvalue weighted by Gasteiger charge is 2.35. The van der Waals surface area contributed by atoms with Gasteiger partial charge in [-0.1, -0.05) is 34.3 Å². The Kier molecular flexibility index (Phi) is 7.19. The van der Waals surface area contributed by atoms with Crippen LogP contribution in [0.4, 0.5) is 0 Å². The number of ether oxygens (including phenoxy) is 1. The Morgan fingerprint density at radius 1 is 1.05 bits per heavy atom. The summed E-state index contributed by atoms with van der Waals surface area (Å²) in [6.07, 6.45) is 2.13. The molecule has 0 bridgehead atoms. The molecular weight excluding hydrogens is 252 g/mol. The predicted molar refractivity (Wildman–Crippen MR) is 89.8 cm³/mol. The van der Waals surface area contributed by atoms with Crippen LogP contribution >= 0.6 is 11.8 Å². The first-order valence-corrected chi connectivity index (χ1v) is 8.39. The van der Waals surface area contributed by atoms with Gasteiger partial charge in [-0.25, -0.2) is 0 Å². The second-order valence-electron chi connectivity index (χ2n) is 7.73. The minimum atomic E-state index is -0.0872. The van der Waals surface area contributed by atoms with Crippen LogP contribution in [0.1, 0.15) is 68.2 Å². The molecule has 114 valence electrons. The molecule has 0 radical (unpaired) electrons. The summed E-state index contributed by atoms with van der Waals surface area (Å²) in [7, 11) is 0. The van der Waals surface area contributed by atoms with Crippen molar-refractivity contribution in [2.75, 3.05) is 5.75 Å². The van der Waals surface area contributed by atoms with Crippen molar-refractivity contribution in [3.8, 4) is 0 Å². The average molecular weight is 287 g/mol. The molecule has 2 heteroatoms. The van der Waals surface area contributed by atoms with E-state index < -0.39 is 0 Å². The zero-order chi connectivity index (χ0) is 15.3. The topological polar surface area (TPSA) is 9.23 Å². The molecular formula is C17H34OS. The maximum Gasteiger partial charge on any atom is 0.0641 e. The van der Waals surface area contributed by atoms with Gasteiger partial charge in [-0.2, -0.15) is 0 Å². The summed E-state index contributed by atoms with van der Waals surface area (Å²) in [4.78, 5) is 0. The van der Waals surface area contributed by atoms with E-state index >= 15 is 0 Å². The van der Waals surface area contributed by atoms with Crippen molar-refractivity contribution in [3.63, 3.8) is 0 Å². The molecule has 0 saturated heterocycles. The lowest BCUT2D eigenvalue weighted by atomic mass is 9.73. The third kappa shape index (κ3) is 8.04. The Labute approximate surface area is 125 Å². The Bertz CT molecular complexity index is 277. The van der Waals surface area contributed by atoms with E-state index in [1.807, 2.05) is 5.41 Å². The SMILES string of the molecule is C=CSCCC(C)(C)OC(C)(C)CC(C)(C)C(C)C. The van der Waals surface area contributed by atoms with Crippen LogP contribution < -0.4 is 0 Å². The Morgan fingerprint density at radius 3 is 2.00 bits per heavy atom. The second-order valence-corrected chi connectivity index (χ2v) is 8.80. The third-order valence-electron chi connectivity index (χ3n) is 3.94. The van der Waals surface area contributed by atoms with E-state index in [0.717, 1.165) is 18.6 Å². The molecule has 0 aromatic carbocycles. The Hall–Kier alpha value is 0.0500. The van der Waals surface area contributed by atoms with Gasteiger partial charge in [0.2, 0.25) is 0 Å². The minimum Gasteiger partial charge on any atom is -0.370 e. The molecule has 0 unspecified atom stereocenters. The molecule has 19 heavy (non-hydrogen) atoms. The molecule has 0 rings (SSSR count). The standard InChI is InChI=1S/C17H34OS/c1-10-19-12-11-16(6,7)18-17(8,9)13-15(4,5)14(2)3/h10,14H,1,11-13H2,2-9H3. The quantitative estimate of drug-likeness (QED) is 0.488. The molecule has 1 nitrogen and oxygen atoms in total. The van der Waals surface area contributed by atoms with Gasteiger partial charge in [-0.3, -0.25) is 0 Å². The highest BCUT2D eigenvalue weighted by atomic mass is 32.2. The fourth-order valence-electron chi connectivity index (χ4n) is 2.52. The zero-order valence-corrected chi connectivity index (χ0v) is 15.1. The molecule has 0 spiro atoms. The largest absolute Gasteiger partial charge is 0.370 e. The van der Waals surface area contributed by atoms with Crippen LogP contribution in [-0.4, -0.2) is 17.0 Å². The first kappa shape index (κ1) is 19.1. The molecule has 0 heterocycles. The molecule has 0 aromatic rings. The van der Waals surface area contributed by atoms with Crippen molar-refractivity contribution in [2.24, 2.45) is 11.3 Å². The van der Waals surface area contributed by atoms with Crippen molar-refractivity contribution in [2.45, 2.75) is 79.4 Å². The molecule has 0 aliphatic carbocycles. The monoisotopic (exact) mass is 286 g/mol. The summed E-state index contributed by atoms with van der Waals surface area (Å²) in [6.45, 7) is 21.8. The van der Waals surface area contributed by atoms with Crippen molar-refractivity contribution >= 4 is 11.8 Å². The Morgan fingerprint density at radius 2 is 1.58 bits per heavy atom. The lowest BCUT2D eigenvalue weighted by Crippen LogP contribution is -2.41. The summed E-state index contributed by atoms with van der Waals surface area (Å²) < 4.78 is 6.41. The van der Waals surface area contributed by atoms with Gasteiger partial charge in [-0.15, -0.1) is 11.8 Å². The van der Waals surface area contributed by atoms with Crippen molar-refractivity contribution in [1.29, 1.82) is 0 Å². The van der Waals surface area contributed by atoms with Crippen molar-refractivity contribution in [3.05, 3.63) is 12.0 Å². The number of thioether (sulfide) groups is 1. The van der Waals surface area contributed by atoms with Crippen LogP contribution in [0, 0.1) is 11.3 Å². The fraction of sp³-hybridized carbons (Fsp3) is 0.882. The number of rotatable bonds is 9. The van der Waals surface area contributed by atoms with Crippen LogP contribution in [0.2, 0.25) is 0 Å². The van der Waals surface area contributed by atoms with Crippen LogP contribution in [0.15, 0.2) is 12.0 Å². The highest BCUT2D eigenvalue weighted by Crippen LogP contribution is 2.38. The van der Waals surface area contributed by atoms with Gasteiger partial charge >= 0.3 is 0 Å². The summed E-state index contributed by atoms with van der Waals surface area (Å²) in [6, 6.07) is 0. The minimum absolute atomic E-state index is 0.0768. The smallest absolute Gasteiger partial charge is 0.0641 e. The lowest BCUT2D eigenvalue weighted by Gasteiger charge is -2.42. The van der Waals surface area contributed by atoms with Gasteiger partial charge in [0, 0.05) is 5.75 Å². The van der Waals surface area contributed by atoms with Gasteiger partial charge in [-0.05, 0) is 57.3 Å². The molecule has 0 fully saturated rings. The normalized spacial score (nSPS) is 13.9. The predicted octanol–water partition coefficient (Wildman–Crippen LogP) is 5.90. The van der Waals surface area contributed by atoms with Gasteiger partial charge in [0.25, 0.3) is 0 Å². The first-order valence-electron chi connectivity index (χ1n) is 7.34. The molecule has 0 aromatic heterocycles. The van der Waals surface area contributed by atoms with E-state index in [1.165, 1.54) is 0 Å². The number of hydrogen-bond acceptors (Lipinski definition) is 2. The lowest BCUT2D eigenvalue weighted by molar-refractivity contribution is -0.141. The van der Waals surface area contributed by atoms with E-state index in [1.54, 1.807) is 11.8 Å². The average Bonchev–Trinajstić information content (AvgIpc) is 2.13. The van der Waals surface area contributed by atoms with Gasteiger partial charge < -0.3 is 4.74 Å². The fourth-order valence-corrected chi connectivity index (χ4v) is 3.30. The molecule has 0 atom stereocenters. The zero-order valence-electron chi connectivity index (χ0n) is 14.3. The van der Waals surface area contributed by atoms with E-state index in [9.17, 15) is 0 Å². The van der Waals surface area contributed by atoms with Gasteiger partial charge in [0.1, 0.15) is 0 Å². The molecule has 0 aliphatic heterocycles. The van der Waals surface area contributed by atoms with E-state index in [-0.39, 0.29) is 11.2 Å². The molecule has 0 aliphatic rings.